The molecule has 166 valence electrons. The van der Waals surface area contributed by atoms with Crippen molar-refractivity contribution in [2.45, 2.75) is 32.0 Å². The summed E-state index contributed by atoms with van der Waals surface area (Å²) < 4.78 is 11.9. The Labute approximate surface area is 200 Å². The van der Waals surface area contributed by atoms with Crippen LogP contribution in [0.4, 0.5) is 0 Å². The van der Waals surface area contributed by atoms with E-state index in [1.807, 2.05) is 38.1 Å². The SMILES string of the molecule is CC1(C)CC(OCC(=O)O)c2cc(-c3ccc(Cl)cc3)c(-c3ccc(Cl)cc3Cl)nc2O1. The standard InChI is InChI=1S/C24H20Cl3NO4/c1-24(2)11-20(31-12-21(29)30)18-10-17(13-3-5-14(25)6-4-13)22(28-23(18)32-24)16-8-7-15(26)9-19(16)27/h3-10,20H,11-12H2,1-2H3,(H,29,30). The van der Waals surface area contributed by atoms with Gasteiger partial charge in [-0.25, -0.2) is 9.78 Å². The summed E-state index contributed by atoms with van der Waals surface area (Å²) in [7, 11) is 0. The molecule has 1 aliphatic heterocycles. The van der Waals surface area contributed by atoms with Gasteiger partial charge in [0.2, 0.25) is 5.88 Å². The highest BCUT2D eigenvalue weighted by Gasteiger charge is 2.37. The fourth-order valence-electron chi connectivity index (χ4n) is 3.74. The number of aromatic nitrogens is 1. The van der Waals surface area contributed by atoms with Gasteiger partial charge >= 0.3 is 5.97 Å². The zero-order chi connectivity index (χ0) is 23.0. The van der Waals surface area contributed by atoms with E-state index in [1.165, 1.54) is 0 Å². The number of ether oxygens (including phenoxy) is 2. The van der Waals surface area contributed by atoms with Crippen molar-refractivity contribution >= 4 is 40.8 Å². The highest BCUT2D eigenvalue weighted by Crippen LogP contribution is 2.45. The van der Waals surface area contributed by atoms with E-state index in [0.717, 1.165) is 11.1 Å². The Kier molecular flexibility index (Phi) is 6.37. The van der Waals surface area contributed by atoms with Crippen LogP contribution in [0.25, 0.3) is 22.4 Å². The molecule has 0 aliphatic carbocycles. The minimum atomic E-state index is -1.04. The first-order chi connectivity index (χ1) is 15.1. The lowest BCUT2D eigenvalue weighted by atomic mass is 9.90. The van der Waals surface area contributed by atoms with E-state index >= 15 is 0 Å². The van der Waals surface area contributed by atoms with Crippen molar-refractivity contribution in [2.75, 3.05) is 6.61 Å². The number of pyridine rings is 1. The van der Waals surface area contributed by atoms with Gasteiger partial charge in [-0.3, -0.25) is 0 Å². The van der Waals surface area contributed by atoms with Crippen LogP contribution < -0.4 is 4.74 Å². The van der Waals surface area contributed by atoms with Crippen LogP contribution in [0.1, 0.15) is 31.9 Å². The van der Waals surface area contributed by atoms with Crippen LogP contribution >= 0.6 is 34.8 Å². The molecule has 4 rings (SSSR count). The number of fused-ring (bicyclic) bond motifs is 1. The van der Waals surface area contributed by atoms with Crippen LogP contribution in [0, 0.1) is 0 Å². The maximum Gasteiger partial charge on any atom is 0.329 e. The van der Waals surface area contributed by atoms with Gasteiger partial charge in [-0.2, -0.15) is 0 Å². The molecule has 1 atom stereocenters. The Hall–Kier alpha value is -2.31. The number of aliphatic carboxylic acids is 1. The summed E-state index contributed by atoms with van der Waals surface area (Å²) >= 11 is 18.7. The summed E-state index contributed by atoms with van der Waals surface area (Å²) in [5.74, 6) is -0.651. The lowest BCUT2D eigenvalue weighted by Gasteiger charge is -2.37. The molecule has 0 fully saturated rings. The summed E-state index contributed by atoms with van der Waals surface area (Å²) in [6.07, 6.45) is -0.00563. The van der Waals surface area contributed by atoms with Gasteiger partial charge in [-0.15, -0.1) is 0 Å². The molecule has 0 saturated heterocycles. The van der Waals surface area contributed by atoms with E-state index in [1.54, 1.807) is 24.3 Å². The Morgan fingerprint density at radius 1 is 1.09 bits per heavy atom. The number of benzene rings is 2. The molecule has 2 heterocycles. The van der Waals surface area contributed by atoms with Gasteiger partial charge in [0.25, 0.3) is 0 Å². The molecule has 2 aromatic carbocycles. The molecule has 32 heavy (non-hydrogen) atoms. The number of hydrogen-bond donors (Lipinski definition) is 1. The Balaban J connectivity index is 1.93. The van der Waals surface area contributed by atoms with Crippen molar-refractivity contribution in [3.63, 3.8) is 0 Å². The summed E-state index contributed by atoms with van der Waals surface area (Å²) in [6, 6.07) is 14.5. The topological polar surface area (TPSA) is 68.7 Å². The minimum Gasteiger partial charge on any atom is -0.480 e. The third kappa shape index (κ3) is 4.86. The van der Waals surface area contributed by atoms with Gasteiger partial charge in [-0.05, 0) is 55.8 Å². The Morgan fingerprint density at radius 2 is 1.78 bits per heavy atom. The van der Waals surface area contributed by atoms with Crippen LogP contribution in [-0.4, -0.2) is 28.3 Å². The van der Waals surface area contributed by atoms with Crippen molar-refractivity contribution in [1.82, 2.24) is 4.98 Å². The normalized spacial score (nSPS) is 16.8. The average molecular weight is 493 g/mol. The van der Waals surface area contributed by atoms with E-state index < -0.39 is 24.3 Å². The maximum atomic E-state index is 11.1. The van der Waals surface area contributed by atoms with E-state index in [0.29, 0.717) is 44.2 Å². The van der Waals surface area contributed by atoms with Gasteiger partial charge in [0.1, 0.15) is 12.2 Å². The summed E-state index contributed by atoms with van der Waals surface area (Å²) in [5, 5.41) is 10.7. The Bertz CT molecular complexity index is 1180. The second-order valence-corrected chi connectivity index (χ2v) is 9.45. The number of nitrogens with zero attached hydrogens (tertiary/aromatic N) is 1. The van der Waals surface area contributed by atoms with Gasteiger partial charge in [-0.1, -0.05) is 46.9 Å². The van der Waals surface area contributed by atoms with Crippen LogP contribution in [-0.2, 0) is 9.53 Å². The first-order valence-electron chi connectivity index (χ1n) is 9.92. The summed E-state index contributed by atoms with van der Waals surface area (Å²) in [5.41, 5.74) is 3.06. The van der Waals surface area contributed by atoms with Crippen molar-refractivity contribution < 1.29 is 19.4 Å². The highest BCUT2D eigenvalue weighted by molar-refractivity contribution is 6.36. The first kappa shape index (κ1) is 22.9. The Morgan fingerprint density at radius 3 is 2.44 bits per heavy atom. The molecule has 1 unspecified atom stereocenters. The van der Waals surface area contributed by atoms with Crippen molar-refractivity contribution in [3.05, 3.63) is 69.2 Å². The van der Waals surface area contributed by atoms with Gasteiger partial charge in [0.15, 0.2) is 0 Å². The lowest BCUT2D eigenvalue weighted by molar-refractivity contribution is -0.146. The third-order valence-electron chi connectivity index (χ3n) is 5.16. The maximum absolute atomic E-state index is 11.1. The van der Waals surface area contributed by atoms with E-state index in [-0.39, 0.29) is 0 Å². The fraction of sp³-hybridized carbons (Fsp3) is 0.250. The zero-order valence-corrected chi connectivity index (χ0v) is 19.6. The average Bonchev–Trinajstić information content (AvgIpc) is 2.71. The number of hydrogen-bond acceptors (Lipinski definition) is 4. The van der Waals surface area contributed by atoms with Crippen molar-refractivity contribution in [1.29, 1.82) is 0 Å². The van der Waals surface area contributed by atoms with Gasteiger partial charge < -0.3 is 14.6 Å². The quantitative estimate of drug-likeness (QED) is 0.412. The molecule has 1 aliphatic rings. The minimum absolute atomic E-state index is 0.385. The predicted octanol–water partition coefficient (Wildman–Crippen LogP) is 7.08. The molecule has 0 bridgehead atoms. The molecular weight excluding hydrogens is 473 g/mol. The third-order valence-corrected chi connectivity index (χ3v) is 5.96. The van der Waals surface area contributed by atoms with E-state index in [2.05, 4.69) is 0 Å². The number of carboxylic acid groups (broad SMARTS) is 1. The molecule has 0 amide bonds. The molecule has 1 aromatic heterocycles. The monoisotopic (exact) mass is 491 g/mol. The second-order valence-electron chi connectivity index (χ2n) is 8.17. The smallest absolute Gasteiger partial charge is 0.329 e. The molecular formula is C24H20Cl3NO4. The largest absolute Gasteiger partial charge is 0.480 e. The molecule has 5 nitrogen and oxygen atoms in total. The van der Waals surface area contributed by atoms with Crippen LogP contribution in [0.5, 0.6) is 5.88 Å². The molecule has 0 spiro atoms. The number of rotatable bonds is 5. The summed E-state index contributed by atoms with van der Waals surface area (Å²) in [6.45, 7) is 3.41. The zero-order valence-electron chi connectivity index (χ0n) is 17.4. The van der Waals surface area contributed by atoms with Gasteiger partial charge in [0, 0.05) is 33.2 Å². The highest BCUT2D eigenvalue weighted by atomic mass is 35.5. The van der Waals surface area contributed by atoms with Crippen LogP contribution in [0.15, 0.2) is 48.5 Å². The number of carbonyl (C=O) groups is 1. The second kappa shape index (κ2) is 8.91. The van der Waals surface area contributed by atoms with Crippen molar-refractivity contribution in [2.24, 2.45) is 0 Å². The molecule has 0 saturated carbocycles. The molecule has 8 heteroatoms. The summed E-state index contributed by atoms with van der Waals surface area (Å²) in [4.78, 5) is 16.0. The lowest BCUT2D eigenvalue weighted by Crippen LogP contribution is -2.36. The molecule has 3 aromatic rings. The van der Waals surface area contributed by atoms with Gasteiger partial charge in [0.05, 0.1) is 16.8 Å². The van der Waals surface area contributed by atoms with E-state index in [4.69, 9.17) is 54.4 Å². The number of carboxylic acids is 1. The predicted molar refractivity (Wildman–Crippen MR) is 126 cm³/mol. The van der Waals surface area contributed by atoms with Crippen molar-refractivity contribution in [3.8, 4) is 28.3 Å². The van der Waals surface area contributed by atoms with Crippen LogP contribution in [0.3, 0.4) is 0 Å². The first-order valence-corrected chi connectivity index (χ1v) is 11.0. The van der Waals surface area contributed by atoms with Crippen LogP contribution in [0.2, 0.25) is 15.1 Å². The number of halogens is 3. The molecule has 0 radical (unpaired) electrons. The molecule has 1 N–H and O–H groups in total. The van der Waals surface area contributed by atoms with E-state index in [9.17, 15) is 4.79 Å². The fourth-order valence-corrected chi connectivity index (χ4v) is 4.37.